The molecule has 3 heterocycles. The zero-order valence-corrected chi connectivity index (χ0v) is 25.0. The van der Waals surface area contributed by atoms with Gasteiger partial charge in [-0.25, -0.2) is 9.97 Å². The van der Waals surface area contributed by atoms with Crippen molar-refractivity contribution in [1.29, 1.82) is 0 Å². The highest BCUT2D eigenvalue weighted by atomic mass is 15.3. The lowest BCUT2D eigenvalue weighted by Gasteiger charge is -2.25. The predicted octanol–water partition coefficient (Wildman–Crippen LogP) is 10.9. The minimum absolute atomic E-state index is 0.648. The van der Waals surface area contributed by atoms with Crippen LogP contribution in [0, 0.1) is 0 Å². The number of anilines is 3. The summed E-state index contributed by atoms with van der Waals surface area (Å²) >= 11 is 0. The molecule has 0 aliphatic carbocycles. The van der Waals surface area contributed by atoms with Crippen molar-refractivity contribution in [3.05, 3.63) is 170 Å². The van der Waals surface area contributed by atoms with Gasteiger partial charge in [0.2, 0.25) is 5.95 Å². The van der Waals surface area contributed by atoms with Crippen LogP contribution in [0.4, 0.5) is 17.3 Å². The van der Waals surface area contributed by atoms with Crippen molar-refractivity contribution in [2.75, 3.05) is 4.90 Å². The second-order valence-electron chi connectivity index (χ2n) is 11.6. The van der Waals surface area contributed by atoms with E-state index in [0.717, 1.165) is 39.1 Å². The third kappa shape index (κ3) is 4.31. The number of hydrogen-bond acceptors (Lipinski definition) is 3. The third-order valence-electron chi connectivity index (χ3n) is 8.92. The van der Waals surface area contributed by atoms with Gasteiger partial charge in [0, 0.05) is 40.8 Å². The van der Waals surface area contributed by atoms with Gasteiger partial charge in [-0.15, -0.1) is 0 Å². The largest absolute Gasteiger partial charge is 0.317 e. The zero-order valence-electron chi connectivity index (χ0n) is 25.0. The Morgan fingerprint density at radius 2 is 0.978 bits per heavy atom. The molecule has 4 heteroatoms. The number of rotatable bonds is 4. The minimum atomic E-state index is 0.648. The highest BCUT2D eigenvalue weighted by Gasteiger charge is 2.28. The first-order chi connectivity index (χ1) is 22.8. The summed E-state index contributed by atoms with van der Waals surface area (Å²) in [6.07, 6.45) is 5.77. The SMILES string of the molecule is c1ccc(-c2ccc(-c3ccc(-n4ccc5cc6c(cc54)-c4ccccc4-c4ccccc4N6c4ncccn4)cc3)cc2)cc1. The number of nitrogens with zero attached hydrogens (tertiary/aromatic N) is 4. The molecule has 0 saturated heterocycles. The molecule has 1 aliphatic rings. The molecule has 0 atom stereocenters. The van der Waals surface area contributed by atoms with Crippen molar-refractivity contribution >= 4 is 28.2 Å². The Bertz CT molecular complexity index is 2340. The van der Waals surface area contributed by atoms with Gasteiger partial charge in [0.1, 0.15) is 0 Å². The van der Waals surface area contributed by atoms with E-state index in [1.54, 1.807) is 12.4 Å². The van der Waals surface area contributed by atoms with Crippen LogP contribution in [-0.4, -0.2) is 14.5 Å². The number of para-hydroxylation sites is 1. The molecule has 9 rings (SSSR count). The smallest absolute Gasteiger partial charge is 0.234 e. The van der Waals surface area contributed by atoms with Crippen LogP contribution < -0.4 is 4.90 Å². The first kappa shape index (κ1) is 26.2. The number of aromatic nitrogens is 3. The molecule has 0 fully saturated rings. The van der Waals surface area contributed by atoms with Gasteiger partial charge in [-0.1, -0.05) is 109 Å². The molecule has 46 heavy (non-hydrogen) atoms. The molecule has 0 bridgehead atoms. The van der Waals surface area contributed by atoms with E-state index in [2.05, 4.69) is 161 Å². The maximum Gasteiger partial charge on any atom is 0.234 e. The molecule has 0 saturated carbocycles. The average molecular weight is 589 g/mol. The van der Waals surface area contributed by atoms with Crippen LogP contribution in [0.1, 0.15) is 0 Å². The Hall–Kier alpha value is -6.26. The van der Waals surface area contributed by atoms with E-state index >= 15 is 0 Å². The molecule has 1 aliphatic heterocycles. The quantitative estimate of drug-likeness (QED) is 0.205. The van der Waals surface area contributed by atoms with Crippen LogP contribution in [0.3, 0.4) is 0 Å². The maximum atomic E-state index is 4.70. The molecule has 6 aromatic carbocycles. The topological polar surface area (TPSA) is 34.0 Å². The fourth-order valence-electron chi connectivity index (χ4n) is 6.70. The van der Waals surface area contributed by atoms with E-state index in [1.165, 1.54) is 33.4 Å². The van der Waals surface area contributed by atoms with Gasteiger partial charge in [-0.2, -0.15) is 0 Å². The van der Waals surface area contributed by atoms with E-state index in [9.17, 15) is 0 Å². The lowest BCUT2D eigenvalue weighted by atomic mass is 9.94. The standard InChI is InChI=1S/C42H28N4/c1-2-9-29(10-3-1)30-15-17-31(18-16-30)32-19-21-34(22-20-32)45-26-23-33-27-41-38(28-40(33)45)36-12-5-4-11-35(36)37-13-6-7-14-39(37)46(41)42-43-24-8-25-44-42/h1-28H. The van der Waals surface area contributed by atoms with Crippen LogP contribution in [0.25, 0.3) is 61.1 Å². The molecule has 0 amide bonds. The Labute approximate surface area is 267 Å². The molecular weight excluding hydrogens is 560 g/mol. The summed E-state index contributed by atoms with van der Waals surface area (Å²) in [5, 5.41) is 1.15. The van der Waals surface area contributed by atoms with Gasteiger partial charge in [0.25, 0.3) is 0 Å². The zero-order chi connectivity index (χ0) is 30.5. The molecule has 0 spiro atoms. The second kappa shape index (κ2) is 10.7. The highest BCUT2D eigenvalue weighted by Crippen LogP contribution is 2.51. The molecule has 8 aromatic rings. The van der Waals surface area contributed by atoms with Gasteiger partial charge >= 0.3 is 0 Å². The summed E-state index contributed by atoms with van der Waals surface area (Å²) < 4.78 is 2.28. The van der Waals surface area contributed by atoms with Gasteiger partial charge in [-0.05, 0) is 75.8 Å². The summed E-state index contributed by atoms with van der Waals surface area (Å²) in [7, 11) is 0. The normalized spacial score (nSPS) is 11.9. The van der Waals surface area contributed by atoms with Crippen LogP contribution >= 0.6 is 0 Å². The summed E-state index contributed by atoms with van der Waals surface area (Å²) in [6.45, 7) is 0. The van der Waals surface area contributed by atoms with Crippen molar-refractivity contribution < 1.29 is 0 Å². The van der Waals surface area contributed by atoms with Gasteiger partial charge in [0.15, 0.2) is 0 Å². The van der Waals surface area contributed by atoms with Gasteiger partial charge in [0.05, 0.1) is 16.9 Å². The summed E-state index contributed by atoms with van der Waals surface area (Å²) in [6, 6.07) is 54.0. The first-order valence-corrected chi connectivity index (χ1v) is 15.5. The van der Waals surface area contributed by atoms with E-state index in [1.807, 2.05) is 6.07 Å². The van der Waals surface area contributed by atoms with Crippen LogP contribution in [0.15, 0.2) is 170 Å². The highest BCUT2D eigenvalue weighted by molar-refractivity contribution is 6.05. The van der Waals surface area contributed by atoms with E-state index < -0.39 is 0 Å². The van der Waals surface area contributed by atoms with Crippen molar-refractivity contribution in [1.82, 2.24) is 14.5 Å². The van der Waals surface area contributed by atoms with Gasteiger partial charge < -0.3 is 4.57 Å². The summed E-state index contributed by atoms with van der Waals surface area (Å²) in [4.78, 5) is 11.6. The molecule has 2 aromatic heterocycles. The Balaban J connectivity index is 1.15. The summed E-state index contributed by atoms with van der Waals surface area (Å²) in [5.41, 5.74) is 13.9. The number of hydrogen-bond donors (Lipinski definition) is 0. The fourth-order valence-corrected chi connectivity index (χ4v) is 6.70. The minimum Gasteiger partial charge on any atom is -0.317 e. The average Bonchev–Trinajstić information content (AvgIpc) is 3.50. The Morgan fingerprint density at radius 3 is 1.67 bits per heavy atom. The molecule has 4 nitrogen and oxygen atoms in total. The Kier molecular flexibility index (Phi) is 6.10. The molecule has 216 valence electrons. The lowest BCUT2D eigenvalue weighted by Crippen LogP contribution is -2.13. The monoisotopic (exact) mass is 588 g/mol. The van der Waals surface area contributed by atoms with E-state index in [-0.39, 0.29) is 0 Å². The predicted molar refractivity (Wildman–Crippen MR) is 189 cm³/mol. The molecule has 0 unspecified atom stereocenters. The Morgan fingerprint density at radius 1 is 0.413 bits per heavy atom. The van der Waals surface area contributed by atoms with Crippen molar-refractivity contribution in [2.24, 2.45) is 0 Å². The van der Waals surface area contributed by atoms with Crippen LogP contribution in [-0.2, 0) is 0 Å². The van der Waals surface area contributed by atoms with Crippen molar-refractivity contribution in [3.63, 3.8) is 0 Å². The second-order valence-corrected chi connectivity index (χ2v) is 11.6. The van der Waals surface area contributed by atoms with Gasteiger partial charge in [-0.3, -0.25) is 4.90 Å². The fraction of sp³-hybridized carbons (Fsp3) is 0. The van der Waals surface area contributed by atoms with E-state index in [0.29, 0.717) is 5.95 Å². The number of benzene rings is 6. The lowest BCUT2D eigenvalue weighted by molar-refractivity contribution is 1.08. The molecule has 0 radical (unpaired) electrons. The maximum absolute atomic E-state index is 4.70. The molecule has 0 N–H and O–H groups in total. The third-order valence-corrected chi connectivity index (χ3v) is 8.92. The summed E-state index contributed by atoms with van der Waals surface area (Å²) in [5.74, 6) is 0.648. The van der Waals surface area contributed by atoms with Crippen molar-refractivity contribution in [3.8, 4) is 50.2 Å². The first-order valence-electron chi connectivity index (χ1n) is 15.5. The van der Waals surface area contributed by atoms with Crippen LogP contribution in [0.2, 0.25) is 0 Å². The molecular formula is C42H28N4. The van der Waals surface area contributed by atoms with Crippen LogP contribution in [0.5, 0.6) is 0 Å². The number of fused-ring (bicyclic) bond motifs is 6. The van der Waals surface area contributed by atoms with E-state index in [4.69, 9.17) is 9.97 Å². The van der Waals surface area contributed by atoms with Crippen molar-refractivity contribution in [2.45, 2.75) is 0 Å².